The summed E-state index contributed by atoms with van der Waals surface area (Å²) < 4.78 is 13.9. The summed E-state index contributed by atoms with van der Waals surface area (Å²) in [5, 5.41) is 18.0. The van der Waals surface area contributed by atoms with Crippen LogP contribution in [0.15, 0.2) is 12.1 Å². The van der Waals surface area contributed by atoms with Gasteiger partial charge in [-0.1, -0.05) is 26.3 Å². The summed E-state index contributed by atoms with van der Waals surface area (Å²) in [6.07, 6.45) is 2.89. The molecule has 0 aliphatic carbocycles. The van der Waals surface area contributed by atoms with Gasteiger partial charge in [-0.25, -0.2) is 4.39 Å². The van der Waals surface area contributed by atoms with Gasteiger partial charge in [-0.05, 0) is 30.4 Å². The average molecular weight is 235 g/mol. The molecule has 0 fully saturated rings. The maximum absolute atomic E-state index is 13.9. The van der Waals surface area contributed by atoms with Crippen LogP contribution in [0.1, 0.15) is 55.7 Å². The van der Waals surface area contributed by atoms with Crippen molar-refractivity contribution >= 4 is 0 Å². The minimum atomic E-state index is -0.568. The molecule has 0 aliphatic heterocycles. The molecule has 1 rings (SSSR count). The highest BCUT2D eigenvalue weighted by Crippen LogP contribution is 2.30. The quantitative estimate of drug-likeness (QED) is 0.849. The van der Waals surface area contributed by atoms with Crippen LogP contribution in [0.3, 0.4) is 0 Å². The van der Waals surface area contributed by atoms with Gasteiger partial charge in [0.05, 0.1) is 12.2 Å². The van der Waals surface area contributed by atoms with Crippen molar-refractivity contribution in [1.29, 1.82) is 5.26 Å². The van der Waals surface area contributed by atoms with Crippen molar-refractivity contribution in [1.82, 2.24) is 0 Å². The van der Waals surface area contributed by atoms with Crippen LogP contribution in [-0.4, -0.2) is 5.11 Å². The third-order valence-electron chi connectivity index (χ3n) is 3.13. The zero-order valence-electron chi connectivity index (χ0n) is 10.3. The zero-order chi connectivity index (χ0) is 12.8. The monoisotopic (exact) mass is 235 g/mol. The van der Waals surface area contributed by atoms with Crippen LogP contribution in [0.2, 0.25) is 0 Å². The Hall–Kier alpha value is -1.40. The third kappa shape index (κ3) is 2.83. The van der Waals surface area contributed by atoms with Crippen LogP contribution in [0.25, 0.3) is 0 Å². The van der Waals surface area contributed by atoms with Crippen LogP contribution in [-0.2, 0) is 6.61 Å². The Morgan fingerprint density at radius 1 is 1.41 bits per heavy atom. The molecule has 0 heterocycles. The molecule has 1 aromatic carbocycles. The van der Waals surface area contributed by atoms with E-state index in [1.165, 1.54) is 6.07 Å². The first-order valence-electron chi connectivity index (χ1n) is 6.01. The van der Waals surface area contributed by atoms with E-state index >= 15 is 0 Å². The number of hydrogen-bond donors (Lipinski definition) is 1. The van der Waals surface area contributed by atoms with Gasteiger partial charge in [-0.15, -0.1) is 0 Å². The van der Waals surface area contributed by atoms with E-state index in [0.717, 1.165) is 24.8 Å². The molecule has 1 aromatic rings. The molecule has 17 heavy (non-hydrogen) atoms. The Balaban J connectivity index is 3.25. The van der Waals surface area contributed by atoms with Crippen molar-refractivity contribution < 1.29 is 9.50 Å². The molecule has 0 saturated heterocycles. The van der Waals surface area contributed by atoms with Gasteiger partial charge in [0.1, 0.15) is 11.9 Å². The van der Waals surface area contributed by atoms with Crippen LogP contribution in [0.5, 0.6) is 0 Å². The Morgan fingerprint density at radius 3 is 2.59 bits per heavy atom. The predicted octanol–water partition coefficient (Wildman–Crippen LogP) is 3.48. The Morgan fingerprint density at radius 2 is 2.12 bits per heavy atom. The molecule has 92 valence electrons. The summed E-state index contributed by atoms with van der Waals surface area (Å²) >= 11 is 0. The first-order valence-corrected chi connectivity index (χ1v) is 6.01. The fourth-order valence-corrected chi connectivity index (χ4v) is 2.19. The number of nitrogens with zero attached hydrogens (tertiary/aromatic N) is 1. The predicted molar refractivity (Wildman–Crippen MR) is 65.0 cm³/mol. The number of aliphatic hydroxyl groups excluding tert-OH is 1. The summed E-state index contributed by atoms with van der Waals surface area (Å²) in [4.78, 5) is 0. The SMILES string of the molecule is CCCC(CC)c1ccc(C#N)c(F)c1CO. The average Bonchev–Trinajstić information content (AvgIpc) is 2.35. The fraction of sp³-hybridized carbons (Fsp3) is 0.500. The van der Waals surface area contributed by atoms with Gasteiger partial charge in [0, 0.05) is 5.56 Å². The Labute approximate surface area is 102 Å². The second kappa shape index (κ2) is 6.36. The number of benzene rings is 1. The maximum Gasteiger partial charge on any atom is 0.146 e. The molecule has 0 radical (unpaired) electrons. The molecule has 0 aromatic heterocycles. The molecule has 1 N–H and O–H groups in total. The topological polar surface area (TPSA) is 44.0 Å². The zero-order valence-corrected chi connectivity index (χ0v) is 10.3. The molecular weight excluding hydrogens is 217 g/mol. The lowest BCUT2D eigenvalue weighted by atomic mass is 9.87. The normalized spacial score (nSPS) is 12.2. The number of aliphatic hydroxyl groups is 1. The van der Waals surface area contributed by atoms with E-state index < -0.39 is 5.82 Å². The van der Waals surface area contributed by atoms with Gasteiger partial charge >= 0.3 is 0 Å². The van der Waals surface area contributed by atoms with Gasteiger partial charge in [0.15, 0.2) is 0 Å². The maximum atomic E-state index is 13.9. The lowest BCUT2D eigenvalue weighted by Crippen LogP contribution is -2.06. The van der Waals surface area contributed by atoms with E-state index in [9.17, 15) is 9.50 Å². The van der Waals surface area contributed by atoms with Crippen molar-refractivity contribution in [2.24, 2.45) is 0 Å². The van der Waals surface area contributed by atoms with E-state index in [0.29, 0.717) is 0 Å². The Kier molecular flexibility index (Phi) is 5.11. The molecule has 0 spiro atoms. The highest BCUT2D eigenvalue weighted by molar-refractivity contribution is 5.41. The number of hydrogen-bond acceptors (Lipinski definition) is 2. The number of nitriles is 1. The molecule has 1 atom stereocenters. The van der Waals surface area contributed by atoms with Crippen molar-refractivity contribution in [2.45, 2.75) is 45.6 Å². The van der Waals surface area contributed by atoms with E-state index in [1.54, 1.807) is 12.1 Å². The van der Waals surface area contributed by atoms with Gasteiger partial charge in [-0.2, -0.15) is 5.26 Å². The molecule has 0 bridgehead atoms. The molecule has 3 heteroatoms. The largest absolute Gasteiger partial charge is 0.392 e. The second-order valence-corrected chi connectivity index (χ2v) is 4.16. The Bertz CT molecular complexity index is 423. The number of halogens is 1. The lowest BCUT2D eigenvalue weighted by molar-refractivity contribution is 0.273. The highest BCUT2D eigenvalue weighted by atomic mass is 19.1. The second-order valence-electron chi connectivity index (χ2n) is 4.16. The molecule has 0 aliphatic rings. The first kappa shape index (κ1) is 13.7. The van der Waals surface area contributed by atoms with Crippen molar-refractivity contribution in [2.75, 3.05) is 0 Å². The van der Waals surface area contributed by atoms with Gasteiger partial charge < -0.3 is 5.11 Å². The van der Waals surface area contributed by atoms with E-state index in [2.05, 4.69) is 13.8 Å². The standard InChI is InChI=1S/C14H18FNO/c1-3-5-10(4-2)12-7-6-11(8-16)14(15)13(12)9-17/h6-7,10,17H,3-5,9H2,1-2H3. The minimum Gasteiger partial charge on any atom is -0.392 e. The van der Waals surface area contributed by atoms with Crippen molar-refractivity contribution in [3.63, 3.8) is 0 Å². The van der Waals surface area contributed by atoms with E-state index in [4.69, 9.17) is 5.26 Å². The molecular formula is C14H18FNO. The minimum absolute atomic E-state index is 0.00384. The van der Waals surface area contributed by atoms with Crippen LogP contribution >= 0.6 is 0 Å². The summed E-state index contributed by atoms with van der Waals surface area (Å²) in [5.74, 6) is -0.313. The van der Waals surface area contributed by atoms with Gasteiger partial charge in [0.2, 0.25) is 0 Å². The smallest absolute Gasteiger partial charge is 0.146 e. The van der Waals surface area contributed by atoms with E-state index in [1.807, 2.05) is 0 Å². The first-order chi connectivity index (χ1) is 8.19. The lowest BCUT2D eigenvalue weighted by Gasteiger charge is -2.18. The summed E-state index contributed by atoms with van der Waals surface area (Å²) in [7, 11) is 0. The summed E-state index contributed by atoms with van der Waals surface area (Å²) in [5.41, 5.74) is 1.13. The fourth-order valence-electron chi connectivity index (χ4n) is 2.19. The highest BCUT2D eigenvalue weighted by Gasteiger charge is 2.18. The van der Waals surface area contributed by atoms with Gasteiger partial charge in [0.25, 0.3) is 0 Å². The molecule has 0 amide bonds. The van der Waals surface area contributed by atoms with Gasteiger partial charge in [-0.3, -0.25) is 0 Å². The molecule has 0 saturated carbocycles. The molecule has 2 nitrogen and oxygen atoms in total. The van der Waals surface area contributed by atoms with Crippen molar-refractivity contribution in [3.05, 3.63) is 34.6 Å². The van der Waals surface area contributed by atoms with Crippen LogP contribution in [0, 0.1) is 17.1 Å². The third-order valence-corrected chi connectivity index (χ3v) is 3.13. The molecule has 1 unspecified atom stereocenters. The van der Waals surface area contributed by atoms with Crippen LogP contribution < -0.4 is 0 Å². The summed E-state index contributed by atoms with van der Waals surface area (Å²) in [6, 6.07) is 5.08. The van der Waals surface area contributed by atoms with Crippen LogP contribution in [0.4, 0.5) is 4.39 Å². The summed E-state index contributed by atoms with van der Waals surface area (Å²) in [6.45, 7) is 3.79. The van der Waals surface area contributed by atoms with E-state index in [-0.39, 0.29) is 23.7 Å². The number of rotatable bonds is 5. The van der Waals surface area contributed by atoms with Crippen molar-refractivity contribution in [3.8, 4) is 6.07 Å².